The first-order valence-electron chi connectivity index (χ1n) is 6.91. The van der Waals surface area contributed by atoms with Crippen LogP contribution in [0.1, 0.15) is 39.3 Å². The maximum absolute atomic E-state index is 12.2. The topological polar surface area (TPSA) is 99.0 Å². The lowest BCUT2D eigenvalue weighted by Gasteiger charge is -2.29. The fourth-order valence-electron chi connectivity index (χ4n) is 1.82. The molecule has 1 aromatic carbocycles. The predicted molar refractivity (Wildman–Crippen MR) is 82.0 cm³/mol. The number of benzene rings is 1. The van der Waals surface area contributed by atoms with Gasteiger partial charge in [0.2, 0.25) is 0 Å². The summed E-state index contributed by atoms with van der Waals surface area (Å²) in [6.45, 7) is 6.63. The summed E-state index contributed by atoms with van der Waals surface area (Å²) in [6, 6.07) is 4.84. The van der Waals surface area contributed by atoms with E-state index < -0.39 is 28.8 Å². The van der Waals surface area contributed by atoms with E-state index in [-0.39, 0.29) is 5.69 Å². The smallest absolute Gasteiger partial charge is 0.420 e. The predicted octanol–water partition coefficient (Wildman–Crippen LogP) is 3.66. The number of rotatable bonds is 3. The Balaban J connectivity index is 3.08. The average Bonchev–Trinajstić information content (AvgIpc) is 2.45. The van der Waals surface area contributed by atoms with Gasteiger partial charge in [0.1, 0.15) is 5.60 Å². The van der Waals surface area contributed by atoms with E-state index >= 15 is 0 Å². The summed E-state index contributed by atoms with van der Waals surface area (Å²) in [5.41, 5.74) is -0.326. The maximum atomic E-state index is 12.2. The van der Waals surface area contributed by atoms with Gasteiger partial charge in [-0.2, -0.15) is 0 Å². The molecule has 0 aliphatic heterocycles. The van der Waals surface area contributed by atoms with Crippen molar-refractivity contribution >= 4 is 17.9 Å². The highest BCUT2D eigenvalue weighted by atomic mass is 16.6. The number of carbonyl (C=O) groups excluding carboxylic acids is 2. The van der Waals surface area contributed by atoms with E-state index in [1.165, 1.54) is 24.3 Å². The SMILES string of the molecule is COC(=O)N(C(=O)OC(C)(C)C)C(C)c1ccc([N+](=O)[O-])cc1. The van der Waals surface area contributed by atoms with E-state index in [9.17, 15) is 19.7 Å². The zero-order valence-electron chi connectivity index (χ0n) is 13.7. The van der Waals surface area contributed by atoms with Crippen LogP contribution >= 0.6 is 0 Å². The van der Waals surface area contributed by atoms with Crippen molar-refractivity contribution in [3.05, 3.63) is 39.9 Å². The lowest BCUT2D eigenvalue weighted by molar-refractivity contribution is -0.384. The third kappa shape index (κ3) is 4.94. The summed E-state index contributed by atoms with van der Waals surface area (Å²) in [7, 11) is 1.16. The monoisotopic (exact) mass is 324 g/mol. The van der Waals surface area contributed by atoms with Crippen LogP contribution in [0.4, 0.5) is 15.3 Å². The minimum Gasteiger partial charge on any atom is -0.452 e. The Kier molecular flexibility index (Phi) is 5.67. The molecule has 8 nitrogen and oxygen atoms in total. The highest BCUT2D eigenvalue weighted by Gasteiger charge is 2.33. The molecule has 23 heavy (non-hydrogen) atoms. The van der Waals surface area contributed by atoms with Crippen molar-refractivity contribution < 1.29 is 24.0 Å². The molecular formula is C15H20N2O6. The Hall–Kier alpha value is -2.64. The Labute approximate surface area is 134 Å². The fraction of sp³-hybridized carbons (Fsp3) is 0.467. The number of hydrogen-bond acceptors (Lipinski definition) is 6. The van der Waals surface area contributed by atoms with Gasteiger partial charge < -0.3 is 9.47 Å². The van der Waals surface area contributed by atoms with Crippen molar-refractivity contribution in [1.29, 1.82) is 0 Å². The number of non-ortho nitro benzene ring substituents is 1. The van der Waals surface area contributed by atoms with E-state index in [1.807, 2.05) is 0 Å². The Morgan fingerprint density at radius 3 is 2.09 bits per heavy atom. The number of nitro groups is 1. The van der Waals surface area contributed by atoms with Crippen molar-refractivity contribution in [1.82, 2.24) is 4.90 Å². The first-order chi connectivity index (χ1) is 10.6. The Morgan fingerprint density at radius 2 is 1.70 bits per heavy atom. The second-order valence-corrected chi connectivity index (χ2v) is 5.84. The van der Waals surface area contributed by atoms with Gasteiger partial charge in [-0.05, 0) is 33.3 Å². The van der Waals surface area contributed by atoms with Crippen LogP contribution in [-0.2, 0) is 9.47 Å². The summed E-state index contributed by atoms with van der Waals surface area (Å²) < 4.78 is 9.84. The molecule has 0 bridgehead atoms. The number of imide groups is 1. The van der Waals surface area contributed by atoms with Gasteiger partial charge in [-0.15, -0.1) is 0 Å². The van der Waals surface area contributed by atoms with E-state index in [2.05, 4.69) is 4.74 Å². The molecule has 1 atom stereocenters. The maximum Gasteiger partial charge on any atom is 0.420 e. The fourth-order valence-corrected chi connectivity index (χ4v) is 1.82. The van der Waals surface area contributed by atoms with Crippen LogP contribution in [0.5, 0.6) is 0 Å². The second kappa shape index (κ2) is 7.08. The Morgan fingerprint density at radius 1 is 1.17 bits per heavy atom. The summed E-state index contributed by atoms with van der Waals surface area (Å²) in [4.78, 5) is 35.1. The van der Waals surface area contributed by atoms with Gasteiger partial charge in [-0.25, -0.2) is 14.5 Å². The zero-order chi connectivity index (χ0) is 17.8. The number of carbonyl (C=O) groups is 2. The molecule has 8 heteroatoms. The van der Waals surface area contributed by atoms with Gasteiger partial charge in [0.25, 0.3) is 5.69 Å². The van der Waals surface area contributed by atoms with Gasteiger partial charge in [-0.1, -0.05) is 12.1 Å². The summed E-state index contributed by atoms with van der Waals surface area (Å²) in [5.74, 6) is 0. The third-order valence-electron chi connectivity index (χ3n) is 2.94. The van der Waals surface area contributed by atoms with Crippen LogP contribution in [0, 0.1) is 10.1 Å². The van der Waals surface area contributed by atoms with E-state index in [1.54, 1.807) is 27.7 Å². The quantitative estimate of drug-likeness (QED) is 0.621. The minimum absolute atomic E-state index is 0.0807. The normalized spacial score (nSPS) is 12.2. The molecule has 0 fully saturated rings. The zero-order valence-corrected chi connectivity index (χ0v) is 13.7. The summed E-state index contributed by atoms with van der Waals surface area (Å²) >= 11 is 0. The minimum atomic E-state index is -0.870. The molecular weight excluding hydrogens is 304 g/mol. The van der Waals surface area contributed by atoms with Crippen molar-refractivity contribution in [3.8, 4) is 0 Å². The molecule has 0 saturated carbocycles. The van der Waals surface area contributed by atoms with Crippen LogP contribution in [-0.4, -0.2) is 34.7 Å². The number of nitrogens with zero attached hydrogens (tertiary/aromatic N) is 2. The molecule has 0 aliphatic rings. The van der Waals surface area contributed by atoms with Crippen LogP contribution < -0.4 is 0 Å². The summed E-state index contributed by atoms with van der Waals surface area (Å²) in [6.07, 6.45) is -1.72. The van der Waals surface area contributed by atoms with Crippen molar-refractivity contribution in [3.63, 3.8) is 0 Å². The van der Waals surface area contributed by atoms with Crippen molar-refractivity contribution in [2.24, 2.45) is 0 Å². The largest absolute Gasteiger partial charge is 0.452 e. The molecule has 0 spiro atoms. The average molecular weight is 324 g/mol. The van der Waals surface area contributed by atoms with Crippen LogP contribution in [0.2, 0.25) is 0 Å². The summed E-state index contributed by atoms with van der Waals surface area (Å²) in [5, 5.41) is 10.7. The second-order valence-electron chi connectivity index (χ2n) is 5.84. The van der Waals surface area contributed by atoms with Crippen LogP contribution in [0.3, 0.4) is 0 Å². The number of amides is 2. The third-order valence-corrected chi connectivity index (χ3v) is 2.94. The molecule has 2 amide bonds. The molecule has 0 N–H and O–H groups in total. The van der Waals surface area contributed by atoms with Crippen LogP contribution in [0.15, 0.2) is 24.3 Å². The molecule has 0 saturated heterocycles. The van der Waals surface area contributed by atoms with Crippen molar-refractivity contribution in [2.45, 2.75) is 39.3 Å². The lowest BCUT2D eigenvalue weighted by atomic mass is 10.1. The number of nitro benzene ring substituents is 1. The van der Waals surface area contributed by atoms with Gasteiger partial charge in [-0.3, -0.25) is 10.1 Å². The van der Waals surface area contributed by atoms with Gasteiger partial charge in [0.15, 0.2) is 0 Å². The van der Waals surface area contributed by atoms with Gasteiger partial charge >= 0.3 is 12.2 Å². The molecule has 0 aromatic heterocycles. The van der Waals surface area contributed by atoms with E-state index in [0.717, 1.165) is 12.0 Å². The van der Waals surface area contributed by atoms with Crippen molar-refractivity contribution in [2.75, 3.05) is 7.11 Å². The number of hydrogen-bond donors (Lipinski definition) is 0. The van der Waals surface area contributed by atoms with Crippen LogP contribution in [0.25, 0.3) is 0 Å². The number of ether oxygens (including phenoxy) is 2. The molecule has 126 valence electrons. The molecule has 0 radical (unpaired) electrons. The molecule has 0 heterocycles. The van der Waals surface area contributed by atoms with E-state index in [0.29, 0.717) is 5.56 Å². The number of methoxy groups -OCH3 is 1. The lowest BCUT2D eigenvalue weighted by Crippen LogP contribution is -2.42. The molecule has 1 aromatic rings. The first-order valence-corrected chi connectivity index (χ1v) is 6.91. The molecule has 1 unspecified atom stereocenters. The Bertz CT molecular complexity index is 591. The highest BCUT2D eigenvalue weighted by Crippen LogP contribution is 2.25. The first kappa shape index (κ1) is 18.4. The van der Waals surface area contributed by atoms with E-state index in [4.69, 9.17) is 4.74 Å². The molecule has 0 aliphatic carbocycles. The standard InChI is InChI=1S/C15H20N2O6/c1-10(11-6-8-12(9-7-11)17(20)21)16(13(18)22-5)14(19)23-15(2,3)4/h6-10H,1-5H3. The molecule has 1 rings (SSSR count). The highest BCUT2D eigenvalue weighted by molar-refractivity contribution is 5.88. The van der Waals surface area contributed by atoms with Gasteiger partial charge in [0, 0.05) is 12.1 Å². The van der Waals surface area contributed by atoms with Gasteiger partial charge in [0.05, 0.1) is 18.1 Å².